The van der Waals surface area contributed by atoms with E-state index in [9.17, 15) is 18.3 Å². The average molecular weight is 494 g/mol. The fourth-order valence-electron chi connectivity index (χ4n) is 4.37. The van der Waals surface area contributed by atoms with Crippen molar-refractivity contribution in [2.75, 3.05) is 23.8 Å². The number of aryl methyl sites for hydroxylation is 2. The smallest absolute Gasteiger partial charge is 0.405 e. The second-order valence-corrected chi connectivity index (χ2v) is 9.29. The Balaban J connectivity index is 1.77. The molecule has 0 radical (unpaired) electrons. The van der Waals surface area contributed by atoms with Gasteiger partial charge in [-0.2, -0.15) is 18.2 Å². The normalized spacial score (nSPS) is 18.4. The van der Waals surface area contributed by atoms with Gasteiger partial charge in [-0.05, 0) is 65.0 Å². The Morgan fingerprint density at radius 1 is 1.17 bits per heavy atom. The summed E-state index contributed by atoms with van der Waals surface area (Å²) in [7, 11) is 0. The van der Waals surface area contributed by atoms with Crippen molar-refractivity contribution in [3.63, 3.8) is 0 Å². The quantitative estimate of drug-likeness (QED) is 0.392. The van der Waals surface area contributed by atoms with Gasteiger partial charge in [0.05, 0.1) is 17.4 Å². The van der Waals surface area contributed by atoms with Gasteiger partial charge in [-0.15, -0.1) is 0 Å². The van der Waals surface area contributed by atoms with Crippen molar-refractivity contribution >= 4 is 22.7 Å². The van der Waals surface area contributed by atoms with Gasteiger partial charge in [0.2, 0.25) is 5.95 Å². The molecule has 11 heteroatoms. The third-order valence-electron chi connectivity index (χ3n) is 5.87. The number of anilines is 2. The number of aliphatic hydroxyl groups is 1. The second kappa shape index (κ2) is 9.88. The van der Waals surface area contributed by atoms with E-state index in [-0.39, 0.29) is 30.6 Å². The number of aromatic nitrogens is 3. The molecule has 35 heavy (non-hydrogen) atoms. The van der Waals surface area contributed by atoms with Crippen molar-refractivity contribution in [2.45, 2.75) is 65.3 Å². The van der Waals surface area contributed by atoms with E-state index in [1.54, 1.807) is 6.92 Å². The molecule has 2 atom stereocenters. The summed E-state index contributed by atoms with van der Waals surface area (Å²) in [4.78, 5) is 13.1. The van der Waals surface area contributed by atoms with Crippen LogP contribution < -0.4 is 15.4 Å². The third kappa shape index (κ3) is 5.95. The van der Waals surface area contributed by atoms with Crippen LogP contribution in [0.5, 0.6) is 5.88 Å². The molecule has 0 aromatic carbocycles. The van der Waals surface area contributed by atoms with E-state index in [1.807, 2.05) is 32.9 Å². The number of alkyl halides is 3. The first-order valence-electron chi connectivity index (χ1n) is 11.7. The molecule has 0 saturated heterocycles. The van der Waals surface area contributed by atoms with Crippen LogP contribution in [0.3, 0.4) is 0 Å². The Bertz CT molecular complexity index is 1200. The third-order valence-corrected chi connectivity index (χ3v) is 5.87. The molecule has 1 saturated carbocycles. The molecule has 8 nitrogen and oxygen atoms in total. The second-order valence-electron chi connectivity index (χ2n) is 9.29. The first kappa shape index (κ1) is 25.0. The molecule has 3 N–H and O–H groups in total. The SMILES string of the molecule is Cc1cc2cc(-c3c(C)nc(NCC(F)(F)F)nc3N[C@H]3CC[C@@H](CO)C3)oc2c(OC(C)C)n1. The number of rotatable bonds is 8. The van der Waals surface area contributed by atoms with Crippen molar-refractivity contribution < 1.29 is 27.4 Å². The van der Waals surface area contributed by atoms with Gasteiger partial charge in [0.15, 0.2) is 5.58 Å². The zero-order valence-electron chi connectivity index (χ0n) is 20.2. The van der Waals surface area contributed by atoms with Gasteiger partial charge in [0.25, 0.3) is 5.88 Å². The number of aliphatic hydroxyl groups excluding tert-OH is 1. The molecular weight excluding hydrogens is 463 g/mol. The number of furan rings is 1. The fourth-order valence-corrected chi connectivity index (χ4v) is 4.37. The van der Waals surface area contributed by atoms with E-state index >= 15 is 0 Å². The predicted octanol–water partition coefficient (Wildman–Crippen LogP) is 5.24. The van der Waals surface area contributed by atoms with E-state index < -0.39 is 12.7 Å². The van der Waals surface area contributed by atoms with Crippen LogP contribution in [0, 0.1) is 19.8 Å². The van der Waals surface area contributed by atoms with Crippen LogP contribution in [0.4, 0.5) is 24.9 Å². The van der Waals surface area contributed by atoms with E-state index in [0.717, 1.165) is 30.3 Å². The van der Waals surface area contributed by atoms with Crippen LogP contribution in [0.25, 0.3) is 22.3 Å². The van der Waals surface area contributed by atoms with Gasteiger partial charge in [-0.1, -0.05) is 0 Å². The molecule has 0 bridgehead atoms. The van der Waals surface area contributed by atoms with Crippen molar-refractivity contribution in [3.05, 3.63) is 23.5 Å². The number of fused-ring (bicyclic) bond motifs is 1. The number of nitrogens with zero attached hydrogens (tertiary/aromatic N) is 3. The molecule has 3 aromatic rings. The van der Waals surface area contributed by atoms with Gasteiger partial charge in [0.1, 0.15) is 18.1 Å². The van der Waals surface area contributed by atoms with Crippen LogP contribution in [0.15, 0.2) is 16.5 Å². The number of pyridine rings is 1. The minimum Gasteiger partial charge on any atom is -0.472 e. The number of hydrogen-bond acceptors (Lipinski definition) is 8. The molecule has 1 aliphatic rings. The van der Waals surface area contributed by atoms with E-state index in [4.69, 9.17) is 9.15 Å². The molecule has 4 rings (SSSR count). The van der Waals surface area contributed by atoms with Crippen molar-refractivity contribution in [2.24, 2.45) is 5.92 Å². The summed E-state index contributed by atoms with van der Waals surface area (Å²) in [6.45, 7) is 6.21. The van der Waals surface area contributed by atoms with Gasteiger partial charge in [0, 0.05) is 23.7 Å². The van der Waals surface area contributed by atoms with Crippen LogP contribution in [0.2, 0.25) is 0 Å². The summed E-state index contributed by atoms with van der Waals surface area (Å²) in [5, 5.41) is 15.9. The van der Waals surface area contributed by atoms with Gasteiger partial charge < -0.3 is 24.9 Å². The largest absolute Gasteiger partial charge is 0.472 e. The maximum absolute atomic E-state index is 12.8. The summed E-state index contributed by atoms with van der Waals surface area (Å²) in [6.07, 6.45) is -2.10. The van der Waals surface area contributed by atoms with Crippen molar-refractivity contribution in [1.82, 2.24) is 15.0 Å². The zero-order valence-corrected chi connectivity index (χ0v) is 20.2. The first-order chi connectivity index (χ1) is 16.5. The minimum atomic E-state index is -4.40. The highest BCUT2D eigenvalue weighted by Crippen LogP contribution is 2.39. The van der Waals surface area contributed by atoms with Crippen LogP contribution in [-0.2, 0) is 0 Å². The molecule has 190 valence electrons. The minimum absolute atomic E-state index is 0.0174. The lowest BCUT2D eigenvalue weighted by Gasteiger charge is -2.18. The van der Waals surface area contributed by atoms with Crippen molar-refractivity contribution in [1.29, 1.82) is 0 Å². The molecule has 3 aromatic heterocycles. The van der Waals surface area contributed by atoms with Gasteiger partial charge in [-0.3, -0.25) is 0 Å². The van der Waals surface area contributed by atoms with Crippen LogP contribution in [0.1, 0.15) is 44.5 Å². The lowest BCUT2D eigenvalue weighted by atomic mass is 10.1. The van der Waals surface area contributed by atoms with Gasteiger partial charge >= 0.3 is 6.18 Å². The maximum atomic E-state index is 12.8. The highest BCUT2D eigenvalue weighted by Gasteiger charge is 2.29. The monoisotopic (exact) mass is 493 g/mol. The van der Waals surface area contributed by atoms with E-state index in [2.05, 4.69) is 25.6 Å². The molecule has 0 spiro atoms. The van der Waals surface area contributed by atoms with Crippen LogP contribution >= 0.6 is 0 Å². The summed E-state index contributed by atoms with van der Waals surface area (Å²) in [5.41, 5.74) is 2.25. The summed E-state index contributed by atoms with van der Waals surface area (Å²) < 4.78 is 50.4. The number of halogens is 3. The fraction of sp³-hybridized carbons (Fsp3) is 0.542. The molecule has 1 fully saturated rings. The summed E-state index contributed by atoms with van der Waals surface area (Å²) in [6, 6.07) is 3.73. The van der Waals surface area contributed by atoms with E-state index in [0.29, 0.717) is 34.3 Å². The van der Waals surface area contributed by atoms with Gasteiger partial charge in [-0.25, -0.2) is 9.97 Å². The molecular formula is C24H30F3N5O3. The average Bonchev–Trinajstić information content (AvgIpc) is 3.38. The lowest BCUT2D eigenvalue weighted by molar-refractivity contribution is -0.115. The van der Waals surface area contributed by atoms with Crippen LogP contribution in [-0.4, -0.2) is 51.5 Å². The number of nitrogens with one attached hydrogen (secondary N) is 2. The van der Waals surface area contributed by atoms with E-state index in [1.165, 1.54) is 0 Å². The Morgan fingerprint density at radius 2 is 1.94 bits per heavy atom. The zero-order chi connectivity index (χ0) is 25.3. The molecule has 0 aliphatic heterocycles. The highest BCUT2D eigenvalue weighted by molar-refractivity contribution is 5.89. The maximum Gasteiger partial charge on any atom is 0.405 e. The Kier molecular flexibility index (Phi) is 7.07. The standard InChI is InChI=1S/C24H30F3N5O3/c1-12(2)34-22-20-16(7-13(3)29-22)9-18(35-20)19-14(4)30-23(28-11-24(25,26)27)32-21(19)31-17-6-5-15(8-17)10-33/h7,9,12,15,17,33H,5-6,8,10-11H2,1-4H3,(H2,28,30,31,32)/t15-,17+/m1/s1. The molecule has 0 unspecified atom stereocenters. The Hall–Kier alpha value is -3.08. The predicted molar refractivity (Wildman–Crippen MR) is 127 cm³/mol. The topological polar surface area (TPSA) is 105 Å². The Labute approximate surface area is 201 Å². The number of ether oxygens (including phenoxy) is 1. The molecule has 0 amide bonds. The summed E-state index contributed by atoms with van der Waals surface area (Å²) in [5.74, 6) is 1.26. The molecule has 1 aliphatic carbocycles. The Morgan fingerprint density at radius 3 is 2.60 bits per heavy atom. The van der Waals surface area contributed by atoms with Crippen molar-refractivity contribution in [3.8, 4) is 17.2 Å². The molecule has 3 heterocycles. The highest BCUT2D eigenvalue weighted by atomic mass is 19.4. The lowest BCUT2D eigenvalue weighted by Crippen LogP contribution is -2.24. The summed E-state index contributed by atoms with van der Waals surface area (Å²) >= 11 is 0. The first-order valence-corrected chi connectivity index (χ1v) is 11.7. The number of hydrogen-bond donors (Lipinski definition) is 3.